The topological polar surface area (TPSA) is 12.0 Å². The van der Waals surface area contributed by atoms with Crippen LogP contribution in [0, 0.1) is 5.82 Å². The van der Waals surface area contributed by atoms with E-state index in [0.29, 0.717) is 10.0 Å². The summed E-state index contributed by atoms with van der Waals surface area (Å²) in [6.07, 6.45) is 0. The molecule has 0 aliphatic rings. The van der Waals surface area contributed by atoms with Crippen LogP contribution in [0.1, 0.15) is 5.56 Å². The average molecular weight is 284 g/mol. The third kappa shape index (κ3) is 2.83. The third-order valence-corrected chi connectivity index (χ3v) is 3.26. The minimum Gasteiger partial charge on any atom is -0.316 e. The first-order valence-electron chi connectivity index (χ1n) is 5.50. The molecule has 94 valence electrons. The smallest absolute Gasteiger partial charge is 0.124 e. The van der Waals surface area contributed by atoms with E-state index in [2.05, 4.69) is 5.32 Å². The van der Waals surface area contributed by atoms with Gasteiger partial charge in [0.25, 0.3) is 0 Å². The third-order valence-electron chi connectivity index (χ3n) is 2.64. The molecular weight excluding hydrogens is 272 g/mol. The molecule has 2 aromatic rings. The maximum absolute atomic E-state index is 13.0. The summed E-state index contributed by atoms with van der Waals surface area (Å²) in [4.78, 5) is 0. The molecule has 0 fully saturated rings. The molecule has 0 unspecified atom stereocenters. The molecule has 2 rings (SSSR count). The van der Waals surface area contributed by atoms with Crippen molar-refractivity contribution in [2.24, 2.45) is 0 Å². The largest absolute Gasteiger partial charge is 0.316 e. The van der Waals surface area contributed by atoms with Crippen LogP contribution in [-0.4, -0.2) is 7.05 Å². The van der Waals surface area contributed by atoms with Crippen molar-refractivity contribution in [3.63, 3.8) is 0 Å². The number of rotatable bonds is 3. The molecular formula is C14H12Cl2FN. The standard InChI is InChI=1S/C14H12Cl2FN/c1-18-8-9-2-4-11(13(15)6-9)12-5-3-10(17)7-14(12)16/h2-7,18H,8H2,1H3. The Morgan fingerprint density at radius 1 is 1.00 bits per heavy atom. The van der Waals surface area contributed by atoms with E-state index in [0.717, 1.165) is 23.2 Å². The molecule has 18 heavy (non-hydrogen) atoms. The van der Waals surface area contributed by atoms with Crippen LogP contribution in [0.25, 0.3) is 11.1 Å². The molecule has 1 nitrogen and oxygen atoms in total. The SMILES string of the molecule is CNCc1ccc(-c2ccc(F)cc2Cl)c(Cl)c1. The first-order valence-corrected chi connectivity index (χ1v) is 6.26. The van der Waals surface area contributed by atoms with Crippen LogP contribution < -0.4 is 5.32 Å². The zero-order chi connectivity index (χ0) is 13.1. The predicted octanol–water partition coefficient (Wildman–Crippen LogP) is 4.52. The maximum atomic E-state index is 13.0. The van der Waals surface area contributed by atoms with Crippen molar-refractivity contribution in [2.75, 3.05) is 7.05 Å². The summed E-state index contributed by atoms with van der Waals surface area (Å²) in [5, 5.41) is 4.02. The molecule has 0 spiro atoms. The van der Waals surface area contributed by atoms with Gasteiger partial charge in [-0.15, -0.1) is 0 Å². The van der Waals surface area contributed by atoms with E-state index in [1.54, 1.807) is 6.07 Å². The maximum Gasteiger partial charge on any atom is 0.124 e. The van der Waals surface area contributed by atoms with Crippen LogP contribution in [0.5, 0.6) is 0 Å². The normalized spacial score (nSPS) is 10.7. The zero-order valence-electron chi connectivity index (χ0n) is 9.81. The van der Waals surface area contributed by atoms with E-state index < -0.39 is 0 Å². The molecule has 0 saturated heterocycles. The monoisotopic (exact) mass is 283 g/mol. The summed E-state index contributed by atoms with van der Waals surface area (Å²) in [7, 11) is 1.87. The Morgan fingerprint density at radius 2 is 1.61 bits per heavy atom. The van der Waals surface area contributed by atoms with Crippen molar-refractivity contribution >= 4 is 23.2 Å². The molecule has 0 aliphatic carbocycles. The van der Waals surface area contributed by atoms with Gasteiger partial charge in [-0.1, -0.05) is 35.3 Å². The quantitative estimate of drug-likeness (QED) is 0.873. The van der Waals surface area contributed by atoms with Gasteiger partial charge in [-0.2, -0.15) is 0 Å². The Bertz CT molecular complexity index is 570. The lowest BCUT2D eigenvalue weighted by atomic mass is 10.0. The molecule has 0 atom stereocenters. The van der Waals surface area contributed by atoms with Crippen LogP contribution in [0.2, 0.25) is 10.0 Å². The fraction of sp³-hybridized carbons (Fsp3) is 0.143. The van der Waals surface area contributed by atoms with Gasteiger partial charge in [-0.05, 0) is 36.9 Å². The van der Waals surface area contributed by atoms with Gasteiger partial charge in [0.05, 0.1) is 5.02 Å². The van der Waals surface area contributed by atoms with E-state index in [1.807, 2.05) is 25.2 Å². The number of nitrogens with one attached hydrogen (secondary N) is 1. The predicted molar refractivity (Wildman–Crippen MR) is 74.6 cm³/mol. The number of hydrogen-bond donors (Lipinski definition) is 1. The van der Waals surface area contributed by atoms with Gasteiger partial charge in [0.15, 0.2) is 0 Å². The Kier molecular flexibility index (Phi) is 4.23. The Morgan fingerprint density at radius 3 is 2.17 bits per heavy atom. The highest BCUT2D eigenvalue weighted by Gasteiger charge is 2.09. The van der Waals surface area contributed by atoms with Gasteiger partial charge in [0, 0.05) is 22.7 Å². The lowest BCUT2D eigenvalue weighted by molar-refractivity contribution is 0.628. The lowest BCUT2D eigenvalue weighted by Crippen LogP contribution is -2.04. The van der Waals surface area contributed by atoms with Crippen LogP contribution in [0.3, 0.4) is 0 Å². The van der Waals surface area contributed by atoms with Crippen molar-refractivity contribution in [3.8, 4) is 11.1 Å². The molecule has 4 heteroatoms. The second-order valence-electron chi connectivity index (χ2n) is 3.97. The second kappa shape index (κ2) is 5.70. The van der Waals surface area contributed by atoms with E-state index in [9.17, 15) is 4.39 Å². The zero-order valence-corrected chi connectivity index (χ0v) is 11.3. The summed E-state index contributed by atoms with van der Waals surface area (Å²) >= 11 is 12.3. The van der Waals surface area contributed by atoms with Gasteiger partial charge in [-0.25, -0.2) is 4.39 Å². The second-order valence-corrected chi connectivity index (χ2v) is 4.78. The highest BCUT2D eigenvalue weighted by molar-refractivity contribution is 6.36. The number of halogens is 3. The van der Waals surface area contributed by atoms with Crippen molar-refractivity contribution < 1.29 is 4.39 Å². The van der Waals surface area contributed by atoms with Crippen LogP contribution in [0.15, 0.2) is 36.4 Å². The fourth-order valence-corrected chi connectivity index (χ4v) is 2.37. The summed E-state index contributed by atoms with van der Waals surface area (Å²) in [6.45, 7) is 0.747. The van der Waals surface area contributed by atoms with Crippen LogP contribution in [0.4, 0.5) is 4.39 Å². The Labute approximate surface area is 116 Å². The van der Waals surface area contributed by atoms with Gasteiger partial charge in [-0.3, -0.25) is 0 Å². The highest BCUT2D eigenvalue weighted by Crippen LogP contribution is 2.34. The molecule has 0 radical (unpaired) electrons. The first-order chi connectivity index (χ1) is 8.61. The summed E-state index contributed by atoms with van der Waals surface area (Å²) in [5.74, 6) is -0.355. The van der Waals surface area contributed by atoms with E-state index in [4.69, 9.17) is 23.2 Å². The molecule has 1 N–H and O–H groups in total. The first kappa shape index (κ1) is 13.3. The van der Waals surface area contributed by atoms with Gasteiger partial charge < -0.3 is 5.32 Å². The minimum absolute atomic E-state index is 0.355. The van der Waals surface area contributed by atoms with Crippen LogP contribution in [-0.2, 0) is 6.54 Å². The van der Waals surface area contributed by atoms with Crippen molar-refractivity contribution in [2.45, 2.75) is 6.54 Å². The van der Waals surface area contributed by atoms with Gasteiger partial charge in [0.1, 0.15) is 5.82 Å². The van der Waals surface area contributed by atoms with Gasteiger partial charge >= 0.3 is 0 Å². The lowest BCUT2D eigenvalue weighted by Gasteiger charge is -2.09. The number of benzene rings is 2. The van der Waals surface area contributed by atoms with Crippen molar-refractivity contribution in [1.82, 2.24) is 5.32 Å². The van der Waals surface area contributed by atoms with E-state index >= 15 is 0 Å². The summed E-state index contributed by atoms with van der Waals surface area (Å²) < 4.78 is 13.0. The molecule has 0 saturated carbocycles. The molecule has 0 heterocycles. The Hall–Kier alpha value is -1.09. The van der Waals surface area contributed by atoms with Crippen molar-refractivity contribution in [3.05, 3.63) is 57.8 Å². The summed E-state index contributed by atoms with van der Waals surface area (Å²) in [5.41, 5.74) is 2.63. The minimum atomic E-state index is -0.355. The average Bonchev–Trinajstić information content (AvgIpc) is 2.31. The molecule has 0 amide bonds. The highest BCUT2D eigenvalue weighted by atomic mass is 35.5. The molecule has 2 aromatic carbocycles. The van der Waals surface area contributed by atoms with Gasteiger partial charge in [0.2, 0.25) is 0 Å². The molecule has 0 bridgehead atoms. The fourth-order valence-electron chi connectivity index (χ4n) is 1.80. The summed E-state index contributed by atoms with van der Waals surface area (Å²) in [6, 6.07) is 10.0. The molecule has 0 aliphatic heterocycles. The molecule has 0 aromatic heterocycles. The van der Waals surface area contributed by atoms with Crippen molar-refractivity contribution in [1.29, 1.82) is 0 Å². The van der Waals surface area contributed by atoms with Crippen LogP contribution >= 0.6 is 23.2 Å². The Balaban J connectivity index is 2.44. The van der Waals surface area contributed by atoms with E-state index in [1.165, 1.54) is 12.1 Å². The van der Waals surface area contributed by atoms with E-state index in [-0.39, 0.29) is 5.82 Å². The number of hydrogen-bond acceptors (Lipinski definition) is 1.